The van der Waals surface area contributed by atoms with Gasteiger partial charge in [-0.1, -0.05) is 109 Å². The molecule has 4 aromatic heterocycles. The van der Waals surface area contributed by atoms with Crippen LogP contribution < -0.4 is 0 Å². The molecule has 0 amide bonds. The third-order valence-electron chi connectivity index (χ3n) is 17.6. The van der Waals surface area contributed by atoms with Gasteiger partial charge in [-0.2, -0.15) is 0 Å². The van der Waals surface area contributed by atoms with Crippen LogP contribution in [-0.4, -0.2) is 19.9 Å². The van der Waals surface area contributed by atoms with Crippen molar-refractivity contribution in [3.63, 3.8) is 0 Å². The monoisotopic (exact) mass is 1520 g/mol. The molecular weight excluding hydrogens is 1480 g/mol. The van der Waals surface area contributed by atoms with Gasteiger partial charge in [-0.15, -0.1) is 0 Å². The van der Waals surface area contributed by atoms with Gasteiger partial charge in [0, 0.05) is 118 Å². The van der Waals surface area contributed by atoms with Gasteiger partial charge in [0.25, 0.3) is 0 Å². The number of hydrogen-bond donors (Lipinski definition) is 0. The van der Waals surface area contributed by atoms with Crippen LogP contribution in [0.5, 0.6) is 0 Å². The molecule has 0 radical (unpaired) electrons. The van der Waals surface area contributed by atoms with E-state index in [4.69, 9.17) is 0 Å². The quantitative estimate of drug-likeness (QED) is 0.0550. The molecule has 0 fully saturated rings. The summed E-state index contributed by atoms with van der Waals surface area (Å²) in [6.45, 7) is 0. The molecule has 0 N–H and O–H groups in total. The summed E-state index contributed by atoms with van der Waals surface area (Å²) in [7, 11) is 0. The second kappa shape index (κ2) is 31.5. The molecule has 14 rings (SSSR count). The third kappa shape index (κ3) is 15.0. The molecule has 105 heavy (non-hydrogen) atoms. The first kappa shape index (κ1) is 73.1. The van der Waals surface area contributed by atoms with E-state index in [1.807, 2.05) is 0 Å². The number of benzene rings is 10. The first-order valence-corrected chi connectivity index (χ1v) is 31.8. The van der Waals surface area contributed by atoms with E-state index in [2.05, 4.69) is 19.9 Å². The van der Waals surface area contributed by atoms with Crippen LogP contribution in [0.2, 0.25) is 0 Å². The maximum atomic E-state index is 15.4. The molecule has 0 aliphatic heterocycles. The smallest absolute Gasteiger partial charge is 0.170 e. The Morgan fingerprint density at radius 3 is 0.457 bits per heavy atom. The van der Waals surface area contributed by atoms with Gasteiger partial charge in [0.05, 0.1) is 22.3 Å². The van der Waals surface area contributed by atoms with Crippen molar-refractivity contribution < 1.29 is 90.7 Å². The Morgan fingerprint density at radius 2 is 0.305 bits per heavy atom. The molecule has 0 aliphatic carbocycles. The minimum Gasteiger partial charge on any atom is -0.265 e. The Labute approximate surface area is 603 Å². The zero-order chi connectivity index (χ0) is 73.0. The molecular formula is C84H48F16N4Pd. The first-order valence-electron chi connectivity index (χ1n) is 31.8. The minimum absolute atomic E-state index is 0. The van der Waals surface area contributed by atoms with Crippen LogP contribution in [0.25, 0.3) is 89.0 Å². The molecule has 0 bridgehead atoms. The van der Waals surface area contributed by atoms with Crippen molar-refractivity contribution in [2.45, 2.75) is 25.7 Å². The summed E-state index contributed by atoms with van der Waals surface area (Å²) in [6, 6.07) is 48.5. The molecule has 526 valence electrons. The normalized spacial score (nSPS) is 11.1. The minimum atomic E-state index is -1.54. The van der Waals surface area contributed by atoms with Gasteiger partial charge in [-0.25, -0.2) is 70.2 Å². The summed E-state index contributed by atoms with van der Waals surface area (Å²) in [4.78, 5) is 15.3. The van der Waals surface area contributed by atoms with E-state index in [0.717, 1.165) is 0 Å². The van der Waals surface area contributed by atoms with E-state index in [0.29, 0.717) is 66.8 Å². The number of aromatic nitrogens is 4. The first-order chi connectivity index (χ1) is 50.2. The van der Waals surface area contributed by atoms with Crippen LogP contribution in [0.1, 0.15) is 44.5 Å². The molecule has 0 saturated heterocycles. The van der Waals surface area contributed by atoms with Crippen molar-refractivity contribution in [3.05, 3.63) is 381 Å². The predicted octanol–water partition coefficient (Wildman–Crippen LogP) is 22.9. The molecule has 0 saturated carbocycles. The SMILES string of the molecule is Fc1c(F)c(-c2cccc(-c3cccc(-c4cccc(-c5c(F)c(F)c(Cc6ccncc6)c(F)c5F)c4)c3)c2)c(F)c(F)c1Cc1ccncc1.Fc1c(F)c(-c2cccc(-c3cccc(-c4cccc(-c5c(F)c(F)c(Cc6ccncc6)c(F)c5F)c4)c3)c2)c(F)c(F)c1Cc1ccncc1.[Pd]. The van der Waals surface area contributed by atoms with Crippen LogP contribution in [0, 0.1) is 93.1 Å². The van der Waals surface area contributed by atoms with Crippen molar-refractivity contribution in [2.75, 3.05) is 0 Å². The molecule has 0 atom stereocenters. The predicted molar refractivity (Wildman–Crippen MR) is 364 cm³/mol. The summed E-state index contributed by atoms with van der Waals surface area (Å²) in [5, 5.41) is 0. The molecule has 4 nitrogen and oxygen atoms in total. The van der Waals surface area contributed by atoms with Gasteiger partial charge >= 0.3 is 0 Å². The molecule has 0 spiro atoms. The Kier molecular flexibility index (Phi) is 21.9. The van der Waals surface area contributed by atoms with E-state index in [1.54, 1.807) is 72.8 Å². The number of pyridine rings is 4. The number of halogens is 16. The average Bonchev–Trinajstić information content (AvgIpc) is 0.800. The van der Waals surface area contributed by atoms with Crippen LogP contribution in [0.3, 0.4) is 0 Å². The van der Waals surface area contributed by atoms with Gasteiger partial charge in [0.15, 0.2) is 93.1 Å². The van der Waals surface area contributed by atoms with Crippen LogP contribution >= 0.6 is 0 Å². The standard InChI is InChI=1S/2C42H24F8N2.Pd/c2*43-35-31(18-23-10-14-51-15-11-23)36(44)40(48)33(39(35)47)29-8-2-6-27(21-29)25-4-1-5-26(20-25)28-7-3-9-30(22-28)34-41(49)37(45)32(38(46)42(34)50)19-24-12-16-52-17-13-24;/h2*1-17,20-22H,18-19H2;. The average molecular weight is 1520 g/mol. The fraction of sp³-hybridized carbons (Fsp3) is 0.0476. The van der Waals surface area contributed by atoms with E-state index < -0.39 is 138 Å². The molecule has 21 heteroatoms. The van der Waals surface area contributed by atoms with Crippen LogP contribution in [0.15, 0.2) is 244 Å². The van der Waals surface area contributed by atoms with Crippen molar-refractivity contribution in [3.8, 4) is 89.0 Å². The van der Waals surface area contributed by atoms with Gasteiger partial charge in [-0.3, -0.25) is 19.9 Å². The molecule has 14 aromatic rings. The van der Waals surface area contributed by atoms with E-state index in [9.17, 15) is 0 Å². The zero-order valence-corrected chi connectivity index (χ0v) is 55.6. The van der Waals surface area contributed by atoms with Crippen LogP contribution in [-0.2, 0) is 46.1 Å². The van der Waals surface area contributed by atoms with Gasteiger partial charge < -0.3 is 0 Å². The van der Waals surface area contributed by atoms with E-state index in [-0.39, 0.29) is 68.4 Å². The van der Waals surface area contributed by atoms with Crippen molar-refractivity contribution >= 4 is 0 Å². The van der Waals surface area contributed by atoms with E-state index in [1.165, 1.54) is 171 Å². The summed E-state index contributed by atoms with van der Waals surface area (Å²) < 4.78 is 245. The van der Waals surface area contributed by atoms with Crippen molar-refractivity contribution in [1.82, 2.24) is 19.9 Å². The Morgan fingerprint density at radius 1 is 0.171 bits per heavy atom. The Balaban J connectivity index is 0.000000195. The Hall–Kier alpha value is -11.7. The fourth-order valence-corrected chi connectivity index (χ4v) is 12.3. The third-order valence-corrected chi connectivity index (χ3v) is 17.6. The summed E-state index contributed by atoms with van der Waals surface area (Å²) in [5.74, 6) is -24.4. The number of hydrogen-bond acceptors (Lipinski definition) is 4. The Bertz CT molecular complexity index is 4800. The van der Waals surface area contributed by atoms with Gasteiger partial charge in [0.2, 0.25) is 0 Å². The maximum absolute atomic E-state index is 15.4. The second-order valence-corrected chi connectivity index (χ2v) is 24.1. The second-order valence-electron chi connectivity index (χ2n) is 24.1. The van der Waals surface area contributed by atoms with Crippen LogP contribution in [0.4, 0.5) is 70.2 Å². The molecule has 4 heterocycles. The van der Waals surface area contributed by atoms with Crippen molar-refractivity contribution in [1.29, 1.82) is 0 Å². The van der Waals surface area contributed by atoms with Gasteiger partial charge in [-0.05, 0) is 174 Å². The number of rotatable bonds is 16. The van der Waals surface area contributed by atoms with Crippen molar-refractivity contribution in [2.24, 2.45) is 0 Å². The summed E-state index contributed by atoms with van der Waals surface area (Å²) >= 11 is 0. The number of nitrogens with zero attached hydrogens (tertiary/aromatic N) is 4. The van der Waals surface area contributed by atoms with Gasteiger partial charge in [0.1, 0.15) is 0 Å². The summed E-state index contributed by atoms with van der Waals surface area (Å²) in [6.07, 6.45) is 9.64. The maximum Gasteiger partial charge on any atom is 0.170 e. The van der Waals surface area contributed by atoms with E-state index >= 15 is 70.2 Å². The molecule has 0 aliphatic rings. The zero-order valence-electron chi connectivity index (χ0n) is 54.1. The fourth-order valence-electron chi connectivity index (χ4n) is 12.3. The molecule has 10 aromatic carbocycles. The largest absolute Gasteiger partial charge is 0.265 e. The molecule has 0 unspecified atom stereocenters. The summed E-state index contributed by atoms with van der Waals surface area (Å²) in [5.41, 5.74) is -1.44. The topological polar surface area (TPSA) is 51.6 Å².